The lowest BCUT2D eigenvalue weighted by Gasteiger charge is -2.25. The maximum atomic E-state index is 13.9. The predicted molar refractivity (Wildman–Crippen MR) is 80.9 cm³/mol. The van der Waals surface area contributed by atoms with Gasteiger partial charge in [0.05, 0.1) is 11.6 Å². The molecule has 1 atom stereocenters. The van der Waals surface area contributed by atoms with Crippen LogP contribution in [-0.2, 0) is 0 Å². The molecular weight excluding hydrogens is 289 g/mol. The fourth-order valence-corrected chi connectivity index (χ4v) is 3.02. The third-order valence-electron chi connectivity index (χ3n) is 3.86. The van der Waals surface area contributed by atoms with Gasteiger partial charge in [-0.05, 0) is 36.6 Å². The molecule has 2 aromatic rings. The normalized spacial score (nSPS) is 18.0. The Balaban J connectivity index is 1.92. The summed E-state index contributed by atoms with van der Waals surface area (Å²) < 4.78 is 13.9. The van der Waals surface area contributed by atoms with Crippen molar-refractivity contribution in [2.45, 2.75) is 18.9 Å². The van der Waals surface area contributed by atoms with Crippen LogP contribution in [0, 0.1) is 5.82 Å². The monoisotopic (exact) mass is 303 g/mol. The van der Waals surface area contributed by atoms with Crippen molar-refractivity contribution >= 4 is 17.5 Å². The molecule has 3 rings (SSSR count). The Morgan fingerprint density at radius 2 is 1.95 bits per heavy atom. The van der Waals surface area contributed by atoms with Crippen molar-refractivity contribution in [3.8, 4) is 0 Å². The third kappa shape index (κ3) is 2.79. The number of nitrogens with zero attached hydrogens (tertiary/aromatic N) is 1. The van der Waals surface area contributed by atoms with Crippen LogP contribution in [0.5, 0.6) is 0 Å². The summed E-state index contributed by atoms with van der Waals surface area (Å²) in [7, 11) is 0. The second kappa shape index (κ2) is 5.86. The number of amides is 1. The number of carbonyl (C=O) groups excluding carboxylic acids is 1. The summed E-state index contributed by atoms with van der Waals surface area (Å²) in [6.07, 6.45) is 1.82. The Bertz CT molecular complexity index is 659. The molecule has 1 amide bonds. The fraction of sp³-hybridized carbons (Fsp3) is 0.235. The Hall–Kier alpha value is -1.87. The molecule has 1 saturated heterocycles. The second-order valence-corrected chi connectivity index (χ2v) is 5.63. The van der Waals surface area contributed by atoms with Gasteiger partial charge in [0.25, 0.3) is 5.91 Å². The highest BCUT2D eigenvalue weighted by Gasteiger charge is 2.31. The predicted octanol–water partition coefficient (Wildman–Crippen LogP) is 4.46. The van der Waals surface area contributed by atoms with E-state index in [1.54, 1.807) is 4.90 Å². The largest absolute Gasteiger partial charge is 0.332 e. The molecule has 2 nitrogen and oxygen atoms in total. The molecule has 1 unspecified atom stereocenters. The van der Waals surface area contributed by atoms with Crippen molar-refractivity contribution in [2.75, 3.05) is 6.54 Å². The highest BCUT2D eigenvalue weighted by Crippen LogP contribution is 2.33. The van der Waals surface area contributed by atoms with Crippen LogP contribution in [-0.4, -0.2) is 17.4 Å². The fourth-order valence-electron chi connectivity index (χ4n) is 2.85. The standard InChI is InChI=1S/C17H15ClFNO/c18-13-8-9-15(19)14(11-13)17(21)20-10-4-7-16(20)12-5-2-1-3-6-12/h1-3,5-6,8-9,11,16H,4,7,10H2. The quantitative estimate of drug-likeness (QED) is 0.802. The van der Waals surface area contributed by atoms with E-state index in [-0.39, 0.29) is 17.5 Å². The summed E-state index contributed by atoms with van der Waals surface area (Å²) >= 11 is 5.88. The summed E-state index contributed by atoms with van der Waals surface area (Å²) in [6.45, 7) is 0.643. The first-order chi connectivity index (χ1) is 10.2. The van der Waals surface area contributed by atoms with E-state index < -0.39 is 5.82 Å². The van der Waals surface area contributed by atoms with Crippen molar-refractivity contribution < 1.29 is 9.18 Å². The van der Waals surface area contributed by atoms with Gasteiger partial charge in [0.1, 0.15) is 5.82 Å². The maximum Gasteiger partial charge on any atom is 0.257 e. The zero-order valence-electron chi connectivity index (χ0n) is 11.4. The average molecular weight is 304 g/mol. The highest BCUT2D eigenvalue weighted by atomic mass is 35.5. The van der Waals surface area contributed by atoms with Crippen LogP contribution in [0.3, 0.4) is 0 Å². The molecule has 4 heteroatoms. The molecule has 2 aromatic carbocycles. The average Bonchev–Trinajstić information content (AvgIpc) is 2.99. The van der Waals surface area contributed by atoms with Gasteiger partial charge >= 0.3 is 0 Å². The Labute approximate surface area is 128 Å². The van der Waals surface area contributed by atoms with Crippen molar-refractivity contribution in [3.63, 3.8) is 0 Å². The summed E-state index contributed by atoms with van der Waals surface area (Å²) in [4.78, 5) is 14.4. The third-order valence-corrected chi connectivity index (χ3v) is 4.09. The molecule has 108 valence electrons. The molecule has 1 heterocycles. The minimum Gasteiger partial charge on any atom is -0.332 e. The second-order valence-electron chi connectivity index (χ2n) is 5.19. The number of hydrogen-bond donors (Lipinski definition) is 0. The van der Waals surface area contributed by atoms with E-state index in [1.165, 1.54) is 18.2 Å². The van der Waals surface area contributed by atoms with Crippen LogP contribution < -0.4 is 0 Å². The number of halogens is 2. The van der Waals surface area contributed by atoms with Crippen LogP contribution in [0.15, 0.2) is 48.5 Å². The van der Waals surface area contributed by atoms with Gasteiger partial charge in [-0.2, -0.15) is 0 Å². The number of likely N-dealkylation sites (tertiary alicyclic amines) is 1. The first-order valence-electron chi connectivity index (χ1n) is 6.98. The van der Waals surface area contributed by atoms with Gasteiger partial charge in [0.2, 0.25) is 0 Å². The van der Waals surface area contributed by atoms with Crippen molar-refractivity contribution in [1.82, 2.24) is 4.90 Å². The van der Waals surface area contributed by atoms with Crippen LogP contribution in [0.1, 0.15) is 34.8 Å². The molecule has 0 aromatic heterocycles. The van der Waals surface area contributed by atoms with Crippen molar-refractivity contribution in [3.05, 3.63) is 70.5 Å². The highest BCUT2D eigenvalue weighted by molar-refractivity contribution is 6.31. The van der Waals surface area contributed by atoms with E-state index in [2.05, 4.69) is 0 Å². The van der Waals surface area contributed by atoms with E-state index in [0.29, 0.717) is 11.6 Å². The van der Waals surface area contributed by atoms with E-state index in [9.17, 15) is 9.18 Å². The zero-order valence-corrected chi connectivity index (χ0v) is 12.2. The lowest BCUT2D eigenvalue weighted by Crippen LogP contribution is -2.31. The molecule has 1 aliphatic heterocycles. The first kappa shape index (κ1) is 14.1. The van der Waals surface area contributed by atoms with Crippen LogP contribution >= 0.6 is 11.6 Å². The number of hydrogen-bond acceptors (Lipinski definition) is 1. The number of carbonyl (C=O) groups is 1. The molecule has 0 radical (unpaired) electrons. The van der Waals surface area contributed by atoms with E-state index in [1.807, 2.05) is 30.3 Å². The van der Waals surface area contributed by atoms with Gasteiger partial charge in [-0.3, -0.25) is 4.79 Å². The van der Waals surface area contributed by atoms with Gasteiger partial charge in [0, 0.05) is 11.6 Å². The Kier molecular flexibility index (Phi) is 3.93. The van der Waals surface area contributed by atoms with E-state index >= 15 is 0 Å². The summed E-state index contributed by atoms with van der Waals surface area (Å²) in [6, 6.07) is 14.0. The van der Waals surface area contributed by atoms with Crippen molar-refractivity contribution in [2.24, 2.45) is 0 Å². The number of benzene rings is 2. The minimum atomic E-state index is -0.525. The molecule has 0 N–H and O–H groups in total. The molecule has 1 aliphatic rings. The summed E-state index contributed by atoms with van der Waals surface area (Å²) in [5.41, 5.74) is 1.14. The van der Waals surface area contributed by atoms with Crippen LogP contribution in [0.25, 0.3) is 0 Å². The topological polar surface area (TPSA) is 20.3 Å². The Morgan fingerprint density at radius 1 is 1.19 bits per heavy atom. The molecule has 1 fully saturated rings. The van der Waals surface area contributed by atoms with Crippen LogP contribution in [0.4, 0.5) is 4.39 Å². The first-order valence-corrected chi connectivity index (χ1v) is 7.35. The van der Waals surface area contributed by atoms with Gasteiger partial charge in [-0.15, -0.1) is 0 Å². The smallest absolute Gasteiger partial charge is 0.257 e. The lowest BCUT2D eigenvalue weighted by molar-refractivity contribution is 0.0731. The maximum absolute atomic E-state index is 13.9. The van der Waals surface area contributed by atoms with Gasteiger partial charge in [-0.25, -0.2) is 4.39 Å². The van der Waals surface area contributed by atoms with Crippen molar-refractivity contribution in [1.29, 1.82) is 0 Å². The number of rotatable bonds is 2. The molecule has 0 spiro atoms. The minimum absolute atomic E-state index is 0.0112. The molecule has 21 heavy (non-hydrogen) atoms. The van der Waals surface area contributed by atoms with E-state index in [0.717, 1.165) is 18.4 Å². The molecular formula is C17H15ClFNO. The summed E-state index contributed by atoms with van der Waals surface area (Å²) in [5.74, 6) is -0.815. The van der Waals surface area contributed by atoms with Gasteiger partial charge in [-0.1, -0.05) is 41.9 Å². The van der Waals surface area contributed by atoms with Gasteiger partial charge < -0.3 is 4.90 Å². The van der Waals surface area contributed by atoms with Crippen LogP contribution in [0.2, 0.25) is 5.02 Å². The SMILES string of the molecule is O=C(c1cc(Cl)ccc1F)N1CCCC1c1ccccc1. The van der Waals surface area contributed by atoms with Gasteiger partial charge in [0.15, 0.2) is 0 Å². The zero-order chi connectivity index (χ0) is 14.8. The summed E-state index contributed by atoms with van der Waals surface area (Å²) in [5, 5.41) is 0.371. The molecule has 0 aliphatic carbocycles. The molecule has 0 bridgehead atoms. The molecule has 0 saturated carbocycles. The Morgan fingerprint density at radius 3 is 2.71 bits per heavy atom. The van der Waals surface area contributed by atoms with E-state index in [4.69, 9.17) is 11.6 Å². The lowest BCUT2D eigenvalue weighted by atomic mass is 10.0.